The average molecular weight is 375 g/mol. The maximum Gasteiger partial charge on any atom is 0.321 e. The van der Waals surface area contributed by atoms with Crippen LogP contribution >= 0.6 is 0 Å². The molecule has 0 aliphatic carbocycles. The number of benzene rings is 2. The molecule has 6 heteroatoms. The number of urea groups is 1. The predicted molar refractivity (Wildman–Crippen MR) is 112 cm³/mol. The minimum atomic E-state index is -0.0891. The number of anilines is 3. The molecule has 0 unspecified atom stereocenters. The molecule has 28 heavy (non-hydrogen) atoms. The number of piperazine rings is 1. The van der Waals surface area contributed by atoms with Crippen LogP contribution in [0.1, 0.15) is 18.4 Å². The van der Waals surface area contributed by atoms with Gasteiger partial charge in [0.05, 0.1) is 11.6 Å². The molecule has 2 aromatic carbocycles. The first-order valence-corrected chi connectivity index (χ1v) is 9.89. The molecule has 2 amide bonds. The van der Waals surface area contributed by atoms with Crippen molar-refractivity contribution < 1.29 is 4.79 Å². The van der Waals surface area contributed by atoms with Gasteiger partial charge in [-0.1, -0.05) is 0 Å². The van der Waals surface area contributed by atoms with Gasteiger partial charge in [0, 0.05) is 56.3 Å². The summed E-state index contributed by atoms with van der Waals surface area (Å²) >= 11 is 0. The van der Waals surface area contributed by atoms with E-state index in [1.54, 1.807) is 24.3 Å². The average Bonchev–Trinajstić information content (AvgIpc) is 3.29. The molecule has 0 spiro atoms. The smallest absolute Gasteiger partial charge is 0.321 e. The highest BCUT2D eigenvalue weighted by molar-refractivity contribution is 5.89. The SMILES string of the molecule is N#Cc1ccc(NC(=O)N2CCN(c3ccc(N4CCCC4)cc3)CC2)cc1. The number of nitriles is 1. The maximum absolute atomic E-state index is 12.5. The van der Waals surface area contributed by atoms with Crippen molar-refractivity contribution in [3.8, 4) is 6.07 Å². The van der Waals surface area contributed by atoms with Gasteiger partial charge in [-0.25, -0.2) is 4.79 Å². The van der Waals surface area contributed by atoms with E-state index in [0.29, 0.717) is 24.3 Å². The minimum absolute atomic E-state index is 0.0891. The van der Waals surface area contributed by atoms with Gasteiger partial charge in [-0.3, -0.25) is 0 Å². The highest BCUT2D eigenvalue weighted by atomic mass is 16.2. The second kappa shape index (κ2) is 8.22. The van der Waals surface area contributed by atoms with Gasteiger partial charge in [0.15, 0.2) is 0 Å². The lowest BCUT2D eigenvalue weighted by molar-refractivity contribution is 0.208. The van der Waals surface area contributed by atoms with Gasteiger partial charge in [0.2, 0.25) is 0 Å². The number of hydrogen-bond donors (Lipinski definition) is 1. The molecule has 0 bridgehead atoms. The monoisotopic (exact) mass is 375 g/mol. The lowest BCUT2D eigenvalue weighted by Gasteiger charge is -2.36. The van der Waals surface area contributed by atoms with Crippen molar-refractivity contribution in [3.63, 3.8) is 0 Å². The molecule has 2 saturated heterocycles. The second-order valence-corrected chi connectivity index (χ2v) is 7.30. The Bertz CT molecular complexity index is 842. The topological polar surface area (TPSA) is 62.6 Å². The first-order chi connectivity index (χ1) is 13.7. The molecule has 6 nitrogen and oxygen atoms in total. The van der Waals surface area contributed by atoms with Crippen LogP contribution in [0, 0.1) is 11.3 Å². The summed E-state index contributed by atoms with van der Waals surface area (Å²) in [6.07, 6.45) is 2.57. The Hall–Kier alpha value is -3.20. The molecular formula is C22H25N5O. The number of nitrogens with zero attached hydrogens (tertiary/aromatic N) is 4. The van der Waals surface area contributed by atoms with E-state index < -0.39 is 0 Å². The molecule has 144 valence electrons. The third kappa shape index (κ3) is 4.04. The van der Waals surface area contributed by atoms with Gasteiger partial charge in [0.25, 0.3) is 0 Å². The van der Waals surface area contributed by atoms with Crippen LogP contribution in [-0.2, 0) is 0 Å². The summed E-state index contributed by atoms with van der Waals surface area (Å²) in [4.78, 5) is 19.1. The number of hydrogen-bond acceptors (Lipinski definition) is 4. The van der Waals surface area contributed by atoms with Crippen LogP contribution in [0.25, 0.3) is 0 Å². The summed E-state index contributed by atoms with van der Waals surface area (Å²) < 4.78 is 0. The van der Waals surface area contributed by atoms with Crippen LogP contribution in [0.4, 0.5) is 21.9 Å². The molecule has 2 aliphatic heterocycles. The number of carbonyl (C=O) groups excluding carboxylic acids is 1. The lowest BCUT2D eigenvalue weighted by atomic mass is 10.2. The van der Waals surface area contributed by atoms with Crippen molar-refractivity contribution in [2.24, 2.45) is 0 Å². The number of rotatable bonds is 3. The third-order valence-corrected chi connectivity index (χ3v) is 5.52. The Morgan fingerprint density at radius 1 is 0.786 bits per heavy atom. The summed E-state index contributed by atoms with van der Waals surface area (Å²) in [5.41, 5.74) is 3.82. The zero-order valence-corrected chi connectivity index (χ0v) is 16.0. The van der Waals surface area contributed by atoms with E-state index in [-0.39, 0.29) is 6.03 Å². The van der Waals surface area contributed by atoms with E-state index in [9.17, 15) is 4.79 Å². The molecule has 0 atom stereocenters. The summed E-state index contributed by atoms with van der Waals surface area (Å²) in [6, 6.07) is 17.7. The van der Waals surface area contributed by atoms with Gasteiger partial charge in [-0.2, -0.15) is 5.26 Å². The molecule has 1 N–H and O–H groups in total. The van der Waals surface area contributed by atoms with E-state index in [4.69, 9.17) is 5.26 Å². The number of amides is 2. The zero-order chi connectivity index (χ0) is 19.3. The van der Waals surface area contributed by atoms with Crippen LogP contribution < -0.4 is 15.1 Å². The zero-order valence-electron chi connectivity index (χ0n) is 16.0. The van der Waals surface area contributed by atoms with Crippen molar-refractivity contribution in [1.29, 1.82) is 5.26 Å². The standard InChI is InChI=1S/C22H25N5O/c23-17-18-3-5-19(6-4-18)24-22(28)27-15-13-26(14-16-27)21-9-7-20(8-10-21)25-11-1-2-12-25/h3-10H,1-2,11-16H2,(H,24,28). The van der Waals surface area contributed by atoms with Gasteiger partial charge in [0.1, 0.15) is 0 Å². The third-order valence-electron chi connectivity index (χ3n) is 5.52. The lowest BCUT2D eigenvalue weighted by Crippen LogP contribution is -2.50. The normalized spacial score (nSPS) is 16.8. The van der Waals surface area contributed by atoms with Gasteiger partial charge in [-0.15, -0.1) is 0 Å². The first kappa shape index (κ1) is 18.2. The van der Waals surface area contributed by atoms with Gasteiger partial charge < -0.3 is 20.0 Å². The fraction of sp³-hybridized carbons (Fsp3) is 0.364. The van der Waals surface area contributed by atoms with E-state index >= 15 is 0 Å². The van der Waals surface area contributed by atoms with Gasteiger partial charge in [-0.05, 0) is 61.4 Å². The molecule has 2 heterocycles. The molecule has 0 radical (unpaired) electrons. The molecular weight excluding hydrogens is 350 g/mol. The van der Waals surface area contributed by atoms with E-state index in [1.807, 2.05) is 4.90 Å². The molecule has 2 aromatic rings. The Morgan fingerprint density at radius 2 is 1.32 bits per heavy atom. The molecule has 0 saturated carbocycles. The van der Waals surface area contributed by atoms with Crippen LogP contribution in [0.2, 0.25) is 0 Å². The van der Waals surface area contributed by atoms with Crippen molar-refractivity contribution >= 4 is 23.1 Å². The highest BCUT2D eigenvalue weighted by Crippen LogP contribution is 2.24. The van der Waals surface area contributed by atoms with Crippen molar-refractivity contribution in [3.05, 3.63) is 54.1 Å². The molecule has 0 aromatic heterocycles. The Balaban J connectivity index is 1.30. The summed E-state index contributed by atoms with van der Waals surface area (Å²) in [5.74, 6) is 0. The Labute approximate surface area is 166 Å². The Kier molecular flexibility index (Phi) is 5.34. The summed E-state index contributed by atoms with van der Waals surface area (Å²) in [6.45, 7) is 5.35. The van der Waals surface area contributed by atoms with Crippen molar-refractivity contribution in [1.82, 2.24) is 4.90 Å². The highest BCUT2D eigenvalue weighted by Gasteiger charge is 2.21. The summed E-state index contributed by atoms with van der Waals surface area (Å²) in [7, 11) is 0. The Morgan fingerprint density at radius 3 is 1.86 bits per heavy atom. The van der Waals surface area contributed by atoms with E-state index in [2.05, 4.69) is 45.5 Å². The molecule has 2 aliphatic rings. The fourth-order valence-electron chi connectivity index (χ4n) is 3.85. The fourth-order valence-corrected chi connectivity index (χ4v) is 3.85. The van der Waals surface area contributed by atoms with Crippen molar-refractivity contribution in [2.75, 3.05) is 54.4 Å². The second-order valence-electron chi connectivity index (χ2n) is 7.30. The first-order valence-electron chi connectivity index (χ1n) is 9.89. The van der Waals surface area contributed by atoms with E-state index in [0.717, 1.165) is 26.2 Å². The summed E-state index contributed by atoms with van der Waals surface area (Å²) in [5, 5.41) is 11.8. The number of carbonyl (C=O) groups is 1. The number of nitrogens with one attached hydrogen (secondary N) is 1. The molecule has 2 fully saturated rings. The van der Waals surface area contributed by atoms with Crippen molar-refractivity contribution in [2.45, 2.75) is 12.8 Å². The van der Waals surface area contributed by atoms with Crippen LogP contribution in [0.3, 0.4) is 0 Å². The predicted octanol–water partition coefficient (Wildman–Crippen LogP) is 3.51. The maximum atomic E-state index is 12.5. The van der Waals surface area contributed by atoms with Gasteiger partial charge >= 0.3 is 6.03 Å². The molecule has 4 rings (SSSR count). The largest absolute Gasteiger partial charge is 0.372 e. The van der Waals surface area contributed by atoms with Crippen LogP contribution in [0.15, 0.2) is 48.5 Å². The minimum Gasteiger partial charge on any atom is -0.372 e. The van der Waals surface area contributed by atoms with Crippen LogP contribution in [0.5, 0.6) is 0 Å². The quantitative estimate of drug-likeness (QED) is 0.892. The van der Waals surface area contributed by atoms with E-state index in [1.165, 1.54) is 24.2 Å². The van der Waals surface area contributed by atoms with Crippen LogP contribution in [-0.4, -0.2) is 50.2 Å².